The Morgan fingerprint density at radius 3 is 2.55 bits per heavy atom. The van der Waals surface area contributed by atoms with Crippen molar-refractivity contribution in [1.82, 2.24) is 9.97 Å². The number of nitrogens with zero attached hydrogens (tertiary/aromatic N) is 3. The summed E-state index contributed by atoms with van der Waals surface area (Å²) in [5, 5.41) is 0.941. The number of fused-ring (bicyclic) bond motifs is 1. The Kier molecular flexibility index (Phi) is 3.50. The van der Waals surface area contributed by atoms with E-state index in [-0.39, 0.29) is 0 Å². The van der Waals surface area contributed by atoms with E-state index in [1.165, 1.54) is 25.7 Å². The number of nitrogens with two attached hydrogens (primary N) is 1. The van der Waals surface area contributed by atoms with Gasteiger partial charge in [-0.3, -0.25) is 9.78 Å². The highest BCUT2D eigenvalue weighted by Gasteiger charge is 2.15. The quantitative estimate of drug-likeness (QED) is 0.907. The molecule has 0 spiro atoms. The fraction of sp³-hybridized carbons (Fsp3) is 0.400. The lowest BCUT2D eigenvalue weighted by Crippen LogP contribution is -2.24. The summed E-state index contributed by atoms with van der Waals surface area (Å²) < 4.78 is 0. The molecule has 0 aliphatic carbocycles. The van der Waals surface area contributed by atoms with E-state index in [9.17, 15) is 4.79 Å². The number of pyridine rings is 2. The minimum absolute atomic E-state index is 0.305. The van der Waals surface area contributed by atoms with Crippen LogP contribution >= 0.6 is 0 Å². The van der Waals surface area contributed by atoms with Crippen LogP contribution in [0.1, 0.15) is 36.2 Å². The van der Waals surface area contributed by atoms with E-state index < -0.39 is 5.91 Å². The van der Waals surface area contributed by atoms with E-state index in [0.29, 0.717) is 5.69 Å². The van der Waals surface area contributed by atoms with Gasteiger partial charge in [0.2, 0.25) is 0 Å². The molecule has 0 aromatic carbocycles. The maximum Gasteiger partial charge on any atom is 0.267 e. The summed E-state index contributed by atoms with van der Waals surface area (Å²) in [4.78, 5) is 22.4. The van der Waals surface area contributed by atoms with Crippen LogP contribution in [0.2, 0.25) is 0 Å². The van der Waals surface area contributed by atoms with Crippen LogP contribution in [0.3, 0.4) is 0 Å². The van der Waals surface area contributed by atoms with Crippen molar-refractivity contribution in [2.75, 3.05) is 18.0 Å². The average molecular weight is 270 g/mol. The Labute approximate surface area is 117 Å². The molecule has 1 aliphatic rings. The molecule has 0 saturated carbocycles. The van der Waals surface area contributed by atoms with Gasteiger partial charge in [-0.05, 0) is 25.0 Å². The number of rotatable bonds is 2. The highest BCUT2D eigenvalue weighted by atomic mass is 16.1. The number of hydrogen-bond donors (Lipinski definition) is 1. The maximum atomic E-state index is 11.3. The minimum Gasteiger partial charge on any atom is -0.369 e. The SMILES string of the molecule is NC(=O)c1ccc2cncc(N3CCCCCC3)c2n1. The van der Waals surface area contributed by atoms with Crippen LogP contribution in [-0.4, -0.2) is 29.0 Å². The van der Waals surface area contributed by atoms with Crippen LogP contribution in [0.4, 0.5) is 5.69 Å². The molecule has 0 unspecified atom stereocenters. The zero-order valence-corrected chi connectivity index (χ0v) is 11.4. The average Bonchev–Trinajstić information content (AvgIpc) is 2.75. The summed E-state index contributed by atoms with van der Waals surface area (Å²) in [6.07, 6.45) is 8.53. The lowest BCUT2D eigenvalue weighted by Gasteiger charge is -2.23. The van der Waals surface area contributed by atoms with Crippen LogP contribution in [0.25, 0.3) is 10.9 Å². The number of hydrogen-bond acceptors (Lipinski definition) is 4. The van der Waals surface area contributed by atoms with Crippen molar-refractivity contribution in [2.24, 2.45) is 5.73 Å². The molecule has 2 N–H and O–H groups in total. The molecule has 5 nitrogen and oxygen atoms in total. The van der Waals surface area contributed by atoms with Crippen molar-refractivity contribution in [1.29, 1.82) is 0 Å². The summed E-state index contributed by atoms with van der Waals surface area (Å²) in [5.41, 5.74) is 7.46. The van der Waals surface area contributed by atoms with Crippen molar-refractivity contribution in [3.63, 3.8) is 0 Å². The van der Waals surface area contributed by atoms with Gasteiger partial charge < -0.3 is 10.6 Å². The zero-order chi connectivity index (χ0) is 13.9. The molecule has 1 aliphatic heterocycles. The number of anilines is 1. The second-order valence-electron chi connectivity index (χ2n) is 5.19. The van der Waals surface area contributed by atoms with Crippen molar-refractivity contribution in [2.45, 2.75) is 25.7 Å². The number of amides is 1. The van der Waals surface area contributed by atoms with Crippen molar-refractivity contribution in [3.8, 4) is 0 Å². The van der Waals surface area contributed by atoms with E-state index in [2.05, 4.69) is 14.9 Å². The molecular formula is C15H18N4O. The highest BCUT2D eigenvalue weighted by Crippen LogP contribution is 2.26. The predicted molar refractivity (Wildman–Crippen MR) is 78.7 cm³/mol. The molecule has 5 heteroatoms. The van der Waals surface area contributed by atoms with E-state index in [1.54, 1.807) is 12.3 Å². The third-order valence-corrected chi connectivity index (χ3v) is 3.78. The second-order valence-corrected chi connectivity index (χ2v) is 5.19. The van der Waals surface area contributed by atoms with Gasteiger partial charge in [-0.15, -0.1) is 0 Å². The highest BCUT2D eigenvalue weighted by molar-refractivity contribution is 5.96. The Morgan fingerprint density at radius 1 is 1.10 bits per heavy atom. The third kappa shape index (κ3) is 2.43. The molecule has 104 valence electrons. The van der Waals surface area contributed by atoms with Gasteiger partial charge in [0.1, 0.15) is 5.69 Å². The summed E-state index contributed by atoms with van der Waals surface area (Å²) in [7, 11) is 0. The van der Waals surface area contributed by atoms with Crippen LogP contribution < -0.4 is 10.6 Å². The first-order valence-corrected chi connectivity index (χ1v) is 7.05. The monoisotopic (exact) mass is 270 g/mol. The van der Waals surface area contributed by atoms with Gasteiger partial charge >= 0.3 is 0 Å². The molecule has 0 bridgehead atoms. The standard InChI is InChI=1S/C15H18N4O/c16-15(20)12-6-5-11-9-17-10-13(14(11)18-12)19-7-3-1-2-4-8-19/h5-6,9-10H,1-4,7-8H2,(H2,16,20). The van der Waals surface area contributed by atoms with Crippen LogP contribution in [-0.2, 0) is 0 Å². The van der Waals surface area contributed by atoms with Gasteiger partial charge in [0.05, 0.1) is 17.4 Å². The Morgan fingerprint density at radius 2 is 1.85 bits per heavy atom. The fourth-order valence-corrected chi connectivity index (χ4v) is 2.71. The van der Waals surface area contributed by atoms with Gasteiger partial charge in [-0.2, -0.15) is 0 Å². The molecule has 0 atom stereocenters. The van der Waals surface area contributed by atoms with Gasteiger partial charge in [-0.1, -0.05) is 12.8 Å². The first kappa shape index (κ1) is 12.8. The van der Waals surface area contributed by atoms with Gasteiger partial charge in [0.25, 0.3) is 5.91 Å². The third-order valence-electron chi connectivity index (χ3n) is 3.78. The topological polar surface area (TPSA) is 72.1 Å². The largest absolute Gasteiger partial charge is 0.369 e. The summed E-state index contributed by atoms with van der Waals surface area (Å²) in [6, 6.07) is 3.51. The van der Waals surface area contributed by atoms with Gasteiger partial charge in [0, 0.05) is 24.7 Å². The Hall–Kier alpha value is -2.17. The van der Waals surface area contributed by atoms with E-state index in [4.69, 9.17) is 5.73 Å². The lowest BCUT2D eigenvalue weighted by atomic mass is 10.2. The second kappa shape index (κ2) is 5.45. The number of carbonyl (C=O) groups is 1. The molecule has 1 saturated heterocycles. The fourth-order valence-electron chi connectivity index (χ4n) is 2.71. The maximum absolute atomic E-state index is 11.3. The molecule has 3 heterocycles. The lowest BCUT2D eigenvalue weighted by molar-refractivity contribution is 0.0996. The minimum atomic E-state index is -0.495. The molecule has 0 radical (unpaired) electrons. The van der Waals surface area contributed by atoms with Crippen LogP contribution in [0.15, 0.2) is 24.5 Å². The first-order chi connectivity index (χ1) is 9.75. The molecule has 2 aromatic heterocycles. The van der Waals surface area contributed by atoms with E-state index >= 15 is 0 Å². The number of primary amides is 1. The number of carbonyl (C=O) groups excluding carboxylic acids is 1. The van der Waals surface area contributed by atoms with Crippen LogP contribution in [0, 0.1) is 0 Å². The number of aromatic nitrogens is 2. The molecular weight excluding hydrogens is 252 g/mol. The molecule has 1 amide bonds. The summed E-state index contributed by atoms with van der Waals surface area (Å²) in [5.74, 6) is -0.495. The van der Waals surface area contributed by atoms with Crippen molar-refractivity contribution < 1.29 is 4.79 Å². The molecule has 3 rings (SSSR count). The van der Waals surface area contributed by atoms with Crippen molar-refractivity contribution in [3.05, 3.63) is 30.2 Å². The Bertz CT molecular complexity index is 633. The molecule has 1 fully saturated rings. The van der Waals surface area contributed by atoms with Gasteiger partial charge in [0.15, 0.2) is 0 Å². The van der Waals surface area contributed by atoms with E-state index in [1.807, 2.05) is 12.3 Å². The molecule has 2 aromatic rings. The van der Waals surface area contributed by atoms with Crippen LogP contribution in [0.5, 0.6) is 0 Å². The Balaban J connectivity index is 2.08. The summed E-state index contributed by atoms with van der Waals surface area (Å²) >= 11 is 0. The van der Waals surface area contributed by atoms with E-state index in [0.717, 1.165) is 29.7 Å². The normalized spacial score (nSPS) is 16.1. The summed E-state index contributed by atoms with van der Waals surface area (Å²) in [6.45, 7) is 2.03. The first-order valence-electron chi connectivity index (χ1n) is 7.05. The zero-order valence-electron chi connectivity index (χ0n) is 11.4. The van der Waals surface area contributed by atoms with Crippen molar-refractivity contribution >= 4 is 22.5 Å². The smallest absolute Gasteiger partial charge is 0.267 e. The molecule has 20 heavy (non-hydrogen) atoms. The predicted octanol–water partition coefficient (Wildman–Crippen LogP) is 2.11. The van der Waals surface area contributed by atoms with Gasteiger partial charge in [-0.25, -0.2) is 4.98 Å².